The Kier molecular flexibility index (Phi) is 4.67. The Labute approximate surface area is 120 Å². The van der Waals surface area contributed by atoms with E-state index in [-0.39, 0.29) is 12.1 Å². The maximum absolute atomic E-state index is 12.6. The second-order valence-electron chi connectivity index (χ2n) is 5.27. The average Bonchev–Trinajstić information content (AvgIpc) is 2.47. The predicted molar refractivity (Wildman–Crippen MR) is 78.2 cm³/mol. The number of nitrogens with two attached hydrogens (primary N) is 1. The van der Waals surface area contributed by atoms with Gasteiger partial charge >= 0.3 is 0 Å². The third kappa shape index (κ3) is 3.13. The highest BCUT2D eigenvalue weighted by Gasteiger charge is 2.30. The van der Waals surface area contributed by atoms with Crippen LogP contribution in [-0.4, -0.2) is 39.0 Å². The molecule has 1 aromatic carbocycles. The van der Waals surface area contributed by atoms with E-state index in [9.17, 15) is 8.42 Å². The molecule has 0 aromatic heterocycles. The molecule has 5 nitrogen and oxygen atoms in total. The van der Waals surface area contributed by atoms with Crippen LogP contribution in [0.3, 0.4) is 0 Å². The first-order valence-corrected chi connectivity index (χ1v) is 8.27. The van der Waals surface area contributed by atoms with E-state index in [1.807, 2.05) is 0 Å². The first-order valence-electron chi connectivity index (χ1n) is 6.83. The number of methoxy groups -OCH3 is 1. The standard InChI is InChI=1S/C14H22N2O3S/c1-16(12-5-3-11(15)4-6-12)20(17,18)14-9-7-13(19-2)8-10-14/h7-12H,3-6,15H2,1-2H3. The zero-order valence-electron chi connectivity index (χ0n) is 12.0. The van der Waals surface area contributed by atoms with Crippen LogP contribution in [0, 0.1) is 0 Å². The molecule has 1 saturated carbocycles. The fourth-order valence-electron chi connectivity index (χ4n) is 2.58. The highest BCUT2D eigenvalue weighted by Crippen LogP contribution is 2.26. The Morgan fingerprint density at radius 2 is 1.70 bits per heavy atom. The monoisotopic (exact) mass is 298 g/mol. The Hall–Kier alpha value is -1.11. The van der Waals surface area contributed by atoms with Crippen molar-refractivity contribution in [1.82, 2.24) is 4.31 Å². The Balaban J connectivity index is 2.16. The Morgan fingerprint density at radius 3 is 2.20 bits per heavy atom. The van der Waals surface area contributed by atoms with Crippen molar-refractivity contribution < 1.29 is 13.2 Å². The summed E-state index contributed by atoms with van der Waals surface area (Å²) < 4.78 is 31.7. The summed E-state index contributed by atoms with van der Waals surface area (Å²) in [5, 5.41) is 0. The van der Waals surface area contributed by atoms with Gasteiger partial charge in [0, 0.05) is 19.1 Å². The number of sulfonamides is 1. The predicted octanol–water partition coefficient (Wildman–Crippen LogP) is 1.59. The van der Waals surface area contributed by atoms with Crippen LogP contribution in [0.5, 0.6) is 5.75 Å². The maximum Gasteiger partial charge on any atom is 0.243 e. The molecule has 0 spiro atoms. The van der Waals surface area contributed by atoms with Crippen LogP contribution in [0.1, 0.15) is 25.7 Å². The minimum atomic E-state index is -3.44. The highest BCUT2D eigenvalue weighted by atomic mass is 32.2. The molecule has 0 radical (unpaired) electrons. The Morgan fingerprint density at radius 1 is 1.15 bits per heavy atom. The highest BCUT2D eigenvalue weighted by molar-refractivity contribution is 7.89. The van der Waals surface area contributed by atoms with Crippen molar-refractivity contribution in [3.63, 3.8) is 0 Å². The van der Waals surface area contributed by atoms with Gasteiger partial charge in [-0.25, -0.2) is 8.42 Å². The molecule has 6 heteroatoms. The number of hydrogen-bond donors (Lipinski definition) is 1. The molecule has 0 amide bonds. The van der Waals surface area contributed by atoms with Crippen molar-refractivity contribution in [3.8, 4) is 5.75 Å². The summed E-state index contributed by atoms with van der Waals surface area (Å²) in [6, 6.07) is 6.75. The van der Waals surface area contributed by atoms with Gasteiger partial charge in [-0.05, 0) is 49.9 Å². The summed E-state index contributed by atoms with van der Waals surface area (Å²) in [6.07, 6.45) is 3.42. The summed E-state index contributed by atoms with van der Waals surface area (Å²) in [4.78, 5) is 0.302. The van der Waals surface area contributed by atoms with Crippen LogP contribution in [0.2, 0.25) is 0 Å². The van der Waals surface area contributed by atoms with E-state index in [4.69, 9.17) is 10.5 Å². The molecule has 1 aromatic rings. The van der Waals surface area contributed by atoms with Gasteiger partial charge in [-0.15, -0.1) is 0 Å². The molecule has 112 valence electrons. The molecule has 0 saturated heterocycles. The van der Waals surface area contributed by atoms with Gasteiger partial charge in [0.1, 0.15) is 5.75 Å². The van der Waals surface area contributed by atoms with Crippen molar-refractivity contribution >= 4 is 10.0 Å². The SMILES string of the molecule is COc1ccc(S(=O)(=O)N(C)C2CCC(N)CC2)cc1. The van der Waals surface area contributed by atoms with E-state index < -0.39 is 10.0 Å². The minimum absolute atomic E-state index is 0.0434. The molecule has 0 heterocycles. The second-order valence-corrected chi connectivity index (χ2v) is 7.26. The van der Waals surface area contributed by atoms with Crippen LogP contribution in [0.15, 0.2) is 29.2 Å². The topological polar surface area (TPSA) is 72.6 Å². The number of benzene rings is 1. The lowest BCUT2D eigenvalue weighted by Gasteiger charge is -2.32. The molecule has 1 aliphatic rings. The first kappa shape index (κ1) is 15.3. The van der Waals surface area contributed by atoms with Crippen molar-refractivity contribution in [2.24, 2.45) is 5.73 Å². The van der Waals surface area contributed by atoms with Gasteiger partial charge in [0.25, 0.3) is 0 Å². The molecule has 1 aliphatic carbocycles. The van der Waals surface area contributed by atoms with E-state index in [0.29, 0.717) is 10.6 Å². The van der Waals surface area contributed by atoms with Gasteiger partial charge in [0.05, 0.1) is 12.0 Å². The average molecular weight is 298 g/mol. The largest absolute Gasteiger partial charge is 0.497 e. The third-order valence-corrected chi connectivity index (χ3v) is 5.92. The lowest BCUT2D eigenvalue weighted by molar-refractivity contribution is 0.268. The number of hydrogen-bond acceptors (Lipinski definition) is 4. The van der Waals surface area contributed by atoms with E-state index in [0.717, 1.165) is 25.7 Å². The minimum Gasteiger partial charge on any atom is -0.497 e. The maximum atomic E-state index is 12.6. The molecular weight excluding hydrogens is 276 g/mol. The number of ether oxygens (including phenoxy) is 1. The third-order valence-electron chi connectivity index (χ3n) is 3.99. The van der Waals surface area contributed by atoms with Crippen LogP contribution >= 0.6 is 0 Å². The summed E-state index contributed by atoms with van der Waals surface area (Å²) in [6.45, 7) is 0. The van der Waals surface area contributed by atoms with Crippen molar-refractivity contribution in [1.29, 1.82) is 0 Å². The van der Waals surface area contributed by atoms with Crippen LogP contribution in [0.25, 0.3) is 0 Å². The Bertz CT molecular complexity index is 534. The summed E-state index contributed by atoms with van der Waals surface area (Å²) in [5.41, 5.74) is 5.87. The van der Waals surface area contributed by atoms with E-state index in [1.54, 1.807) is 38.4 Å². The fraction of sp³-hybridized carbons (Fsp3) is 0.571. The molecule has 1 fully saturated rings. The summed E-state index contributed by atoms with van der Waals surface area (Å²) in [7, 11) is -0.234. The van der Waals surface area contributed by atoms with Gasteiger partial charge in [-0.2, -0.15) is 4.31 Å². The first-order chi connectivity index (χ1) is 9.45. The smallest absolute Gasteiger partial charge is 0.243 e. The van der Waals surface area contributed by atoms with E-state index >= 15 is 0 Å². The number of nitrogens with zero attached hydrogens (tertiary/aromatic N) is 1. The molecule has 2 rings (SSSR count). The van der Waals surface area contributed by atoms with Gasteiger partial charge < -0.3 is 10.5 Å². The van der Waals surface area contributed by atoms with Gasteiger partial charge in [0.15, 0.2) is 0 Å². The molecule has 0 unspecified atom stereocenters. The van der Waals surface area contributed by atoms with Gasteiger partial charge in [0.2, 0.25) is 10.0 Å². The van der Waals surface area contributed by atoms with Gasteiger partial charge in [-0.1, -0.05) is 0 Å². The molecule has 0 atom stereocenters. The van der Waals surface area contributed by atoms with Crippen LogP contribution in [0.4, 0.5) is 0 Å². The van der Waals surface area contributed by atoms with Crippen molar-refractivity contribution in [3.05, 3.63) is 24.3 Å². The fourth-order valence-corrected chi connectivity index (χ4v) is 3.99. The molecule has 0 bridgehead atoms. The molecule has 20 heavy (non-hydrogen) atoms. The molecule has 0 aliphatic heterocycles. The molecular formula is C14H22N2O3S. The normalized spacial score (nSPS) is 23.8. The van der Waals surface area contributed by atoms with Crippen LogP contribution in [-0.2, 0) is 10.0 Å². The summed E-state index contributed by atoms with van der Waals surface area (Å²) in [5.74, 6) is 0.648. The number of rotatable bonds is 4. The van der Waals surface area contributed by atoms with E-state index in [2.05, 4.69) is 0 Å². The second kappa shape index (κ2) is 6.11. The van der Waals surface area contributed by atoms with Crippen molar-refractivity contribution in [2.45, 2.75) is 42.7 Å². The zero-order chi connectivity index (χ0) is 14.8. The quantitative estimate of drug-likeness (QED) is 0.916. The zero-order valence-corrected chi connectivity index (χ0v) is 12.8. The lowest BCUT2D eigenvalue weighted by atomic mass is 9.92. The van der Waals surface area contributed by atoms with Crippen LogP contribution < -0.4 is 10.5 Å². The van der Waals surface area contributed by atoms with E-state index in [1.165, 1.54) is 4.31 Å². The molecule has 2 N–H and O–H groups in total. The lowest BCUT2D eigenvalue weighted by Crippen LogP contribution is -2.41. The summed E-state index contributed by atoms with van der Waals surface area (Å²) >= 11 is 0. The van der Waals surface area contributed by atoms with Gasteiger partial charge in [-0.3, -0.25) is 0 Å². The van der Waals surface area contributed by atoms with Crippen molar-refractivity contribution in [2.75, 3.05) is 14.2 Å².